The van der Waals surface area contributed by atoms with E-state index in [1.54, 1.807) is 30.3 Å². The Balaban J connectivity index is 0.00000208. The molecule has 1 atom stereocenters. The standard InChI is InChI=1S/C18H20N2O3.ClH/c19-16-8-1-2-9-17(16)20-18(21)13-5-3-6-14(11-13)23-12-15-7-4-10-22-15;/h1-3,5-6,8-9,11,15H,4,7,10,12,19H2,(H,20,21);1H. The monoisotopic (exact) mass is 348 g/mol. The normalized spacial score (nSPS) is 16.2. The van der Waals surface area contributed by atoms with E-state index in [1.807, 2.05) is 18.2 Å². The summed E-state index contributed by atoms with van der Waals surface area (Å²) in [7, 11) is 0. The zero-order chi connectivity index (χ0) is 16.1. The van der Waals surface area contributed by atoms with Gasteiger partial charge in [0.2, 0.25) is 0 Å². The van der Waals surface area contributed by atoms with Gasteiger partial charge in [-0.1, -0.05) is 18.2 Å². The SMILES string of the molecule is Cl.Nc1ccccc1NC(=O)c1cccc(OCC2CCCO2)c1. The second kappa shape index (κ2) is 8.57. The minimum atomic E-state index is -0.217. The van der Waals surface area contributed by atoms with E-state index in [0.717, 1.165) is 19.4 Å². The number of nitrogen functional groups attached to an aromatic ring is 1. The zero-order valence-corrected chi connectivity index (χ0v) is 14.1. The average molecular weight is 349 g/mol. The van der Waals surface area contributed by atoms with Crippen LogP contribution in [0.2, 0.25) is 0 Å². The van der Waals surface area contributed by atoms with Crippen molar-refractivity contribution in [1.82, 2.24) is 0 Å². The topological polar surface area (TPSA) is 73.6 Å². The Bertz CT molecular complexity index is 687. The molecule has 2 aromatic carbocycles. The van der Waals surface area contributed by atoms with Gasteiger partial charge in [-0.05, 0) is 43.2 Å². The quantitative estimate of drug-likeness (QED) is 0.811. The van der Waals surface area contributed by atoms with Gasteiger partial charge in [0.15, 0.2) is 0 Å². The van der Waals surface area contributed by atoms with Crippen LogP contribution in [-0.2, 0) is 4.74 Å². The lowest BCUT2D eigenvalue weighted by molar-refractivity contribution is 0.0679. The smallest absolute Gasteiger partial charge is 0.255 e. The summed E-state index contributed by atoms with van der Waals surface area (Å²) in [6, 6.07) is 14.3. The third-order valence-corrected chi connectivity index (χ3v) is 3.77. The van der Waals surface area contributed by atoms with Crippen molar-refractivity contribution in [2.45, 2.75) is 18.9 Å². The summed E-state index contributed by atoms with van der Waals surface area (Å²) < 4.78 is 11.3. The van der Waals surface area contributed by atoms with E-state index in [1.165, 1.54) is 0 Å². The number of carbonyl (C=O) groups excluding carboxylic acids is 1. The lowest BCUT2D eigenvalue weighted by Crippen LogP contribution is -2.17. The summed E-state index contributed by atoms with van der Waals surface area (Å²) in [5, 5.41) is 2.81. The number of hydrogen-bond acceptors (Lipinski definition) is 4. The summed E-state index contributed by atoms with van der Waals surface area (Å²) in [5.74, 6) is 0.444. The molecule has 2 aromatic rings. The van der Waals surface area contributed by atoms with Gasteiger partial charge in [-0.25, -0.2) is 0 Å². The van der Waals surface area contributed by atoms with Crippen LogP contribution in [0, 0.1) is 0 Å². The number of anilines is 2. The number of nitrogens with one attached hydrogen (secondary N) is 1. The number of nitrogens with two attached hydrogens (primary N) is 1. The molecule has 1 aliphatic rings. The van der Waals surface area contributed by atoms with Crippen LogP contribution in [0.25, 0.3) is 0 Å². The molecular weight excluding hydrogens is 328 g/mol. The van der Waals surface area contributed by atoms with Gasteiger partial charge in [-0.3, -0.25) is 4.79 Å². The van der Waals surface area contributed by atoms with Crippen molar-refractivity contribution >= 4 is 29.7 Å². The Labute approximate surface area is 147 Å². The predicted octanol–water partition coefficient (Wildman–Crippen LogP) is 3.50. The van der Waals surface area contributed by atoms with Gasteiger partial charge in [0, 0.05) is 12.2 Å². The molecule has 0 aromatic heterocycles. The minimum absolute atomic E-state index is 0. The highest BCUT2D eigenvalue weighted by molar-refractivity contribution is 6.05. The van der Waals surface area contributed by atoms with E-state index < -0.39 is 0 Å². The van der Waals surface area contributed by atoms with Crippen LogP contribution in [0.15, 0.2) is 48.5 Å². The molecule has 1 amide bonds. The molecule has 0 bridgehead atoms. The van der Waals surface area contributed by atoms with Gasteiger partial charge < -0.3 is 20.5 Å². The Morgan fingerprint density at radius 3 is 2.83 bits per heavy atom. The number of amides is 1. The first-order valence-electron chi connectivity index (χ1n) is 7.73. The van der Waals surface area contributed by atoms with Crippen LogP contribution in [0.1, 0.15) is 23.2 Å². The van der Waals surface area contributed by atoms with Crippen molar-refractivity contribution in [3.05, 3.63) is 54.1 Å². The maximum atomic E-state index is 12.3. The van der Waals surface area contributed by atoms with E-state index in [2.05, 4.69) is 5.32 Å². The Kier molecular flexibility index (Phi) is 6.46. The fraction of sp³-hybridized carbons (Fsp3) is 0.278. The molecule has 1 heterocycles. The van der Waals surface area contributed by atoms with Gasteiger partial charge >= 0.3 is 0 Å². The zero-order valence-electron chi connectivity index (χ0n) is 13.2. The van der Waals surface area contributed by atoms with Crippen LogP contribution in [-0.4, -0.2) is 25.2 Å². The lowest BCUT2D eigenvalue weighted by Gasteiger charge is -2.12. The van der Waals surface area contributed by atoms with Crippen LogP contribution in [0.3, 0.4) is 0 Å². The van der Waals surface area contributed by atoms with Gasteiger partial charge in [-0.2, -0.15) is 0 Å². The van der Waals surface area contributed by atoms with Crippen molar-refractivity contribution in [3.8, 4) is 5.75 Å². The molecule has 0 radical (unpaired) electrons. The second-order valence-electron chi connectivity index (χ2n) is 5.52. The third-order valence-electron chi connectivity index (χ3n) is 3.77. The Morgan fingerprint density at radius 1 is 1.25 bits per heavy atom. The van der Waals surface area contributed by atoms with Gasteiger partial charge in [0.05, 0.1) is 17.5 Å². The van der Waals surface area contributed by atoms with E-state index in [4.69, 9.17) is 15.2 Å². The van der Waals surface area contributed by atoms with Crippen molar-refractivity contribution < 1.29 is 14.3 Å². The van der Waals surface area contributed by atoms with Crippen molar-refractivity contribution in [2.24, 2.45) is 0 Å². The van der Waals surface area contributed by atoms with E-state index in [-0.39, 0.29) is 24.4 Å². The number of benzene rings is 2. The van der Waals surface area contributed by atoms with E-state index in [0.29, 0.717) is 29.3 Å². The number of rotatable bonds is 5. The largest absolute Gasteiger partial charge is 0.491 e. The van der Waals surface area contributed by atoms with Crippen LogP contribution in [0.5, 0.6) is 5.75 Å². The lowest BCUT2D eigenvalue weighted by atomic mass is 10.2. The highest BCUT2D eigenvalue weighted by atomic mass is 35.5. The van der Waals surface area contributed by atoms with E-state index >= 15 is 0 Å². The molecule has 5 nitrogen and oxygen atoms in total. The summed E-state index contributed by atoms with van der Waals surface area (Å²) in [6.45, 7) is 1.31. The predicted molar refractivity (Wildman–Crippen MR) is 97.0 cm³/mol. The highest BCUT2D eigenvalue weighted by Gasteiger charge is 2.16. The maximum absolute atomic E-state index is 12.3. The van der Waals surface area contributed by atoms with Gasteiger partial charge in [0.1, 0.15) is 12.4 Å². The van der Waals surface area contributed by atoms with Crippen LogP contribution >= 0.6 is 12.4 Å². The Hall–Kier alpha value is -2.24. The van der Waals surface area contributed by atoms with Gasteiger partial charge in [0.25, 0.3) is 5.91 Å². The van der Waals surface area contributed by atoms with E-state index in [9.17, 15) is 4.79 Å². The molecule has 1 saturated heterocycles. The first-order chi connectivity index (χ1) is 11.2. The second-order valence-corrected chi connectivity index (χ2v) is 5.52. The summed E-state index contributed by atoms with van der Waals surface area (Å²) in [4.78, 5) is 12.3. The molecule has 128 valence electrons. The number of ether oxygens (including phenoxy) is 2. The molecule has 3 rings (SSSR count). The molecule has 1 unspecified atom stereocenters. The molecule has 6 heteroatoms. The molecule has 24 heavy (non-hydrogen) atoms. The first-order valence-corrected chi connectivity index (χ1v) is 7.73. The highest BCUT2D eigenvalue weighted by Crippen LogP contribution is 2.20. The van der Waals surface area contributed by atoms with Gasteiger partial charge in [-0.15, -0.1) is 12.4 Å². The van der Waals surface area contributed by atoms with Crippen molar-refractivity contribution in [2.75, 3.05) is 24.3 Å². The third kappa shape index (κ3) is 4.63. The average Bonchev–Trinajstić information content (AvgIpc) is 3.09. The summed E-state index contributed by atoms with van der Waals surface area (Å²) in [5.41, 5.74) is 7.50. The molecule has 1 aliphatic heterocycles. The minimum Gasteiger partial charge on any atom is -0.491 e. The molecule has 1 fully saturated rings. The van der Waals surface area contributed by atoms with Crippen molar-refractivity contribution in [1.29, 1.82) is 0 Å². The fourth-order valence-electron chi connectivity index (χ4n) is 2.50. The van der Waals surface area contributed by atoms with Crippen LogP contribution in [0.4, 0.5) is 11.4 Å². The molecule has 0 spiro atoms. The number of halogens is 1. The summed E-state index contributed by atoms with van der Waals surface area (Å²) in [6.07, 6.45) is 2.25. The molecule has 0 aliphatic carbocycles. The Morgan fingerprint density at radius 2 is 2.08 bits per heavy atom. The van der Waals surface area contributed by atoms with Crippen LogP contribution < -0.4 is 15.8 Å². The number of carbonyl (C=O) groups is 1. The first kappa shape index (κ1) is 18.1. The molecular formula is C18H21ClN2O3. The fourth-order valence-corrected chi connectivity index (χ4v) is 2.50. The maximum Gasteiger partial charge on any atom is 0.255 e. The summed E-state index contributed by atoms with van der Waals surface area (Å²) >= 11 is 0. The number of para-hydroxylation sites is 2. The van der Waals surface area contributed by atoms with Crippen molar-refractivity contribution in [3.63, 3.8) is 0 Å². The molecule has 3 N–H and O–H groups in total. The number of hydrogen-bond donors (Lipinski definition) is 2. The molecule has 0 saturated carbocycles.